The zero-order valence-electron chi connectivity index (χ0n) is 18.6. The number of hydrogen-bond acceptors (Lipinski definition) is 5. The van der Waals surface area contributed by atoms with Gasteiger partial charge in [-0.05, 0) is 58.4 Å². The molecule has 0 aromatic rings. The van der Waals surface area contributed by atoms with Crippen LogP contribution in [0.2, 0.25) is 0 Å². The molecule has 0 saturated heterocycles. The van der Waals surface area contributed by atoms with E-state index in [1.165, 1.54) is 57.8 Å². The Labute approximate surface area is 179 Å². The van der Waals surface area contributed by atoms with Crippen molar-refractivity contribution in [2.24, 2.45) is 0 Å². The Kier molecular flexibility index (Phi) is 18.5. The van der Waals surface area contributed by atoms with E-state index in [0.717, 1.165) is 24.9 Å². The molecule has 6 heteroatoms. The van der Waals surface area contributed by atoms with Gasteiger partial charge >= 0.3 is 0 Å². The Hall–Kier alpha value is -0.300. The molecule has 4 nitrogen and oxygen atoms in total. The van der Waals surface area contributed by atoms with Crippen molar-refractivity contribution in [1.29, 1.82) is 0 Å². The predicted molar refractivity (Wildman–Crippen MR) is 125 cm³/mol. The lowest BCUT2D eigenvalue weighted by molar-refractivity contribution is 0.240. The van der Waals surface area contributed by atoms with Crippen LogP contribution in [0.3, 0.4) is 0 Å². The minimum atomic E-state index is -3.40. The van der Waals surface area contributed by atoms with Gasteiger partial charge in [0.25, 0.3) is 10.1 Å². The van der Waals surface area contributed by atoms with Crippen LogP contribution < -0.4 is 0 Å². The second kappa shape index (κ2) is 18.7. The monoisotopic (exact) mass is 433 g/mol. The Morgan fingerprint density at radius 3 is 2.04 bits per heavy atom. The predicted octanol–water partition coefficient (Wildman–Crippen LogP) is 6.01. The highest BCUT2D eigenvalue weighted by Gasteiger charge is 2.16. The first-order valence-corrected chi connectivity index (χ1v) is 13.7. The van der Waals surface area contributed by atoms with E-state index in [9.17, 15) is 8.42 Å². The van der Waals surface area contributed by atoms with Gasteiger partial charge in [-0.2, -0.15) is 8.42 Å². The Morgan fingerprint density at radius 1 is 0.893 bits per heavy atom. The van der Waals surface area contributed by atoms with Crippen molar-refractivity contribution in [3.8, 4) is 0 Å². The van der Waals surface area contributed by atoms with Gasteiger partial charge in [-0.15, -0.1) is 11.8 Å². The van der Waals surface area contributed by atoms with Gasteiger partial charge in [0.15, 0.2) is 0 Å². The SMILES string of the molecule is CCCCCC=CCC=CCCCCCCCSC(CN(C)C)OS(C)(=O)=O. The molecule has 0 aliphatic rings. The molecule has 0 aliphatic heterocycles. The van der Waals surface area contributed by atoms with Crippen LogP contribution in [0, 0.1) is 0 Å². The maximum atomic E-state index is 11.3. The lowest BCUT2D eigenvalue weighted by atomic mass is 10.1. The van der Waals surface area contributed by atoms with E-state index in [4.69, 9.17) is 4.18 Å². The molecule has 0 fully saturated rings. The summed E-state index contributed by atoms with van der Waals surface area (Å²) in [5.74, 6) is 0.943. The van der Waals surface area contributed by atoms with Crippen LogP contribution in [0.25, 0.3) is 0 Å². The van der Waals surface area contributed by atoms with Gasteiger partial charge in [-0.1, -0.05) is 63.3 Å². The summed E-state index contributed by atoms with van der Waals surface area (Å²) in [6.45, 7) is 2.85. The van der Waals surface area contributed by atoms with Gasteiger partial charge in [-0.3, -0.25) is 4.18 Å². The Morgan fingerprint density at radius 2 is 1.46 bits per heavy atom. The summed E-state index contributed by atoms with van der Waals surface area (Å²) in [4.78, 5) is 1.96. The second-order valence-corrected chi connectivity index (χ2v) is 10.5. The van der Waals surface area contributed by atoms with E-state index >= 15 is 0 Å². The Bertz CT molecular complexity index is 502. The van der Waals surface area contributed by atoms with Crippen LogP contribution in [0.1, 0.15) is 77.6 Å². The third-order valence-electron chi connectivity index (χ3n) is 4.20. The van der Waals surface area contributed by atoms with Crippen LogP contribution in [-0.2, 0) is 14.3 Å². The second-order valence-electron chi connectivity index (χ2n) is 7.59. The summed E-state index contributed by atoms with van der Waals surface area (Å²) >= 11 is 1.60. The fourth-order valence-corrected chi connectivity index (χ4v) is 4.87. The fraction of sp³-hybridized carbons (Fsp3) is 0.818. The summed E-state index contributed by atoms with van der Waals surface area (Å²) in [5.41, 5.74) is -0.309. The average molecular weight is 434 g/mol. The van der Waals surface area contributed by atoms with Crippen LogP contribution in [-0.4, -0.2) is 51.4 Å². The highest BCUT2D eigenvalue weighted by molar-refractivity contribution is 8.00. The van der Waals surface area contributed by atoms with E-state index in [2.05, 4.69) is 31.2 Å². The fourth-order valence-electron chi connectivity index (χ4n) is 2.73. The summed E-state index contributed by atoms with van der Waals surface area (Å²) in [6, 6.07) is 0. The number of unbranched alkanes of at least 4 members (excludes halogenated alkanes) is 8. The van der Waals surface area contributed by atoms with Gasteiger partial charge in [-0.25, -0.2) is 0 Å². The van der Waals surface area contributed by atoms with E-state index in [0.29, 0.717) is 6.54 Å². The standard InChI is InChI=1S/C22H43NO3S2/c1-5-6-7-8-9-10-11-12-13-14-15-16-17-18-19-20-27-22(21-23(2)3)26-28(4,24)25/h9-10,12-13,22H,5-8,11,14-21H2,1-4H3. The first-order valence-electron chi connectivity index (χ1n) is 10.8. The molecule has 0 saturated carbocycles. The number of likely N-dealkylation sites (N-methyl/N-ethyl adjacent to an activating group) is 1. The van der Waals surface area contributed by atoms with Crippen LogP contribution in [0.15, 0.2) is 24.3 Å². The maximum absolute atomic E-state index is 11.3. The molecule has 0 aromatic carbocycles. The Balaban J connectivity index is 3.58. The number of rotatable bonds is 19. The van der Waals surface area contributed by atoms with Crippen LogP contribution in [0.5, 0.6) is 0 Å². The molecule has 1 unspecified atom stereocenters. The molecule has 0 radical (unpaired) electrons. The van der Waals surface area contributed by atoms with Crippen LogP contribution >= 0.6 is 11.8 Å². The van der Waals surface area contributed by atoms with Gasteiger partial charge in [0.1, 0.15) is 5.44 Å². The molecule has 0 aliphatic carbocycles. The van der Waals surface area contributed by atoms with Crippen molar-refractivity contribution in [2.45, 2.75) is 83.0 Å². The molecule has 28 heavy (non-hydrogen) atoms. The molecular formula is C22H43NO3S2. The molecule has 0 N–H and O–H groups in total. The summed E-state index contributed by atoms with van der Waals surface area (Å²) in [5, 5.41) is 0. The van der Waals surface area contributed by atoms with Crippen LogP contribution in [0.4, 0.5) is 0 Å². The molecule has 0 spiro atoms. The number of nitrogens with zero attached hydrogens (tertiary/aromatic N) is 1. The van der Waals surface area contributed by atoms with Gasteiger partial charge in [0.05, 0.1) is 6.26 Å². The first-order chi connectivity index (χ1) is 13.3. The lowest BCUT2D eigenvalue weighted by Crippen LogP contribution is -2.28. The smallest absolute Gasteiger partial charge is 0.265 e. The maximum Gasteiger partial charge on any atom is 0.265 e. The van der Waals surface area contributed by atoms with Gasteiger partial charge in [0.2, 0.25) is 0 Å². The third kappa shape index (κ3) is 22.0. The number of hydrogen-bond donors (Lipinski definition) is 0. The van der Waals surface area contributed by atoms with Crippen molar-refractivity contribution in [1.82, 2.24) is 4.90 Å². The first kappa shape index (κ1) is 27.7. The largest absolute Gasteiger partial charge is 0.306 e. The number of thioether (sulfide) groups is 1. The molecule has 0 bridgehead atoms. The van der Waals surface area contributed by atoms with E-state index in [1.807, 2.05) is 19.0 Å². The molecule has 1 atom stereocenters. The quantitative estimate of drug-likeness (QED) is 0.108. The normalized spacial score (nSPS) is 13.9. The highest BCUT2D eigenvalue weighted by atomic mass is 32.2. The van der Waals surface area contributed by atoms with Crippen molar-refractivity contribution in [3.63, 3.8) is 0 Å². The topological polar surface area (TPSA) is 46.6 Å². The number of allylic oxidation sites excluding steroid dienone is 4. The minimum absolute atomic E-state index is 0.309. The highest BCUT2D eigenvalue weighted by Crippen LogP contribution is 2.18. The molecule has 0 aromatic heterocycles. The van der Waals surface area contributed by atoms with E-state index < -0.39 is 10.1 Å². The molecule has 0 rings (SSSR count). The molecular weight excluding hydrogens is 390 g/mol. The average Bonchev–Trinajstić information content (AvgIpc) is 2.59. The van der Waals surface area contributed by atoms with Crippen molar-refractivity contribution in [2.75, 3.05) is 32.6 Å². The van der Waals surface area contributed by atoms with Crippen molar-refractivity contribution in [3.05, 3.63) is 24.3 Å². The van der Waals surface area contributed by atoms with E-state index in [1.54, 1.807) is 11.8 Å². The van der Waals surface area contributed by atoms with Crippen molar-refractivity contribution >= 4 is 21.9 Å². The van der Waals surface area contributed by atoms with Gasteiger partial charge < -0.3 is 4.90 Å². The van der Waals surface area contributed by atoms with E-state index in [-0.39, 0.29) is 5.44 Å². The summed E-state index contributed by atoms with van der Waals surface area (Å²) < 4.78 is 27.8. The molecule has 166 valence electrons. The third-order valence-corrected chi connectivity index (χ3v) is 6.04. The zero-order chi connectivity index (χ0) is 21.1. The minimum Gasteiger partial charge on any atom is -0.306 e. The summed E-state index contributed by atoms with van der Waals surface area (Å²) in [6.07, 6.45) is 23.8. The lowest BCUT2D eigenvalue weighted by Gasteiger charge is -2.19. The van der Waals surface area contributed by atoms with Crippen molar-refractivity contribution < 1.29 is 12.6 Å². The molecule has 0 amide bonds. The molecule has 0 heterocycles. The summed E-state index contributed by atoms with van der Waals surface area (Å²) in [7, 11) is 0.457. The van der Waals surface area contributed by atoms with Gasteiger partial charge in [0, 0.05) is 6.54 Å². The zero-order valence-corrected chi connectivity index (χ0v) is 20.2.